The Bertz CT molecular complexity index is 1190. The Kier molecular flexibility index (Phi) is 4.87. The van der Waals surface area contributed by atoms with E-state index < -0.39 is 0 Å². The molecule has 3 heterocycles. The highest BCUT2D eigenvalue weighted by molar-refractivity contribution is 7.14. The van der Waals surface area contributed by atoms with Crippen LogP contribution in [0.5, 0.6) is 5.75 Å². The summed E-state index contributed by atoms with van der Waals surface area (Å²) in [6, 6.07) is 12.4. The summed E-state index contributed by atoms with van der Waals surface area (Å²) in [6.07, 6.45) is 1.43. The molecule has 3 amide bonds. The van der Waals surface area contributed by atoms with Crippen LogP contribution >= 0.6 is 11.3 Å². The van der Waals surface area contributed by atoms with E-state index in [1.165, 1.54) is 11.3 Å². The van der Waals surface area contributed by atoms with E-state index in [1.54, 1.807) is 41.3 Å². The van der Waals surface area contributed by atoms with Gasteiger partial charge in [0.25, 0.3) is 11.8 Å². The van der Waals surface area contributed by atoms with Crippen molar-refractivity contribution >= 4 is 45.6 Å². The number of aromatic nitrogens is 1. The fourth-order valence-electron chi connectivity index (χ4n) is 3.59. The number of nitrogens with one attached hydrogen (secondary N) is 2. The van der Waals surface area contributed by atoms with Crippen LogP contribution in [0.25, 0.3) is 11.3 Å². The molecule has 2 aliphatic rings. The van der Waals surface area contributed by atoms with Crippen molar-refractivity contribution in [3.63, 3.8) is 0 Å². The molecular weight excluding hydrogens is 416 g/mol. The molecule has 0 atom stereocenters. The Balaban J connectivity index is 1.28. The topological polar surface area (TPSA) is 101 Å². The minimum atomic E-state index is -0.272. The zero-order chi connectivity index (χ0) is 21.4. The second-order valence-corrected chi connectivity index (χ2v) is 8.09. The number of carbonyl (C=O) groups excluding carboxylic acids is 3. The lowest BCUT2D eigenvalue weighted by atomic mass is 10.1. The van der Waals surface area contributed by atoms with E-state index in [9.17, 15) is 14.4 Å². The van der Waals surface area contributed by atoms with E-state index in [-0.39, 0.29) is 24.3 Å². The maximum Gasteiger partial charge on any atom is 0.262 e. The molecule has 156 valence electrons. The van der Waals surface area contributed by atoms with Gasteiger partial charge in [0.2, 0.25) is 5.91 Å². The summed E-state index contributed by atoms with van der Waals surface area (Å²) in [7, 11) is 0. The summed E-state index contributed by atoms with van der Waals surface area (Å²) in [5.74, 6) is 0.259. The van der Waals surface area contributed by atoms with Gasteiger partial charge >= 0.3 is 0 Å². The predicted molar refractivity (Wildman–Crippen MR) is 118 cm³/mol. The van der Waals surface area contributed by atoms with Crippen molar-refractivity contribution in [1.82, 2.24) is 4.98 Å². The number of fused-ring (bicyclic) bond motifs is 1. The monoisotopic (exact) mass is 434 g/mol. The summed E-state index contributed by atoms with van der Waals surface area (Å²) in [4.78, 5) is 42.2. The summed E-state index contributed by atoms with van der Waals surface area (Å²) in [5, 5.41) is 7.89. The van der Waals surface area contributed by atoms with Crippen molar-refractivity contribution < 1.29 is 19.1 Å². The second-order valence-electron chi connectivity index (χ2n) is 7.24. The molecule has 1 aromatic heterocycles. The van der Waals surface area contributed by atoms with E-state index in [0.29, 0.717) is 40.8 Å². The zero-order valence-electron chi connectivity index (χ0n) is 16.4. The maximum atomic E-state index is 12.6. The van der Waals surface area contributed by atoms with E-state index in [0.717, 1.165) is 17.7 Å². The average Bonchev–Trinajstić information content (AvgIpc) is 3.42. The molecule has 9 heteroatoms. The summed E-state index contributed by atoms with van der Waals surface area (Å²) in [5.41, 5.74) is 3.38. The molecular formula is C22H18N4O4S. The fourth-order valence-corrected chi connectivity index (χ4v) is 4.30. The average molecular weight is 434 g/mol. The number of ether oxygens (including phenoxy) is 1. The molecule has 1 fully saturated rings. The quantitative estimate of drug-likeness (QED) is 0.654. The van der Waals surface area contributed by atoms with Gasteiger partial charge in [0.05, 0.1) is 11.4 Å². The number of carbonyl (C=O) groups is 3. The van der Waals surface area contributed by atoms with E-state index >= 15 is 0 Å². The maximum absolute atomic E-state index is 12.6. The third-order valence-electron chi connectivity index (χ3n) is 5.15. The number of hydrogen-bond donors (Lipinski definition) is 2. The lowest BCUT2D eigenvalue weighted by Crippen LogP contribution is -2.25. The van der Waals surface area contributed by atoms with Crippen molar-refractivity contribution in [2.75, 3.05) is 28.7 Å². The molecule has 3 aromatic rings. The first-order valence-electron chi connectivity index (χ1n) is 9.81. The number of rotatable bonds is 4. The first kappa shape index (κ1) is 19.3. The summed E-state index contributed by atoms with van der Waals surface area (Å²) < 4.78 is 5.37. The fraction of sp³-hybridized carbons (Fsp3) is 0.182. The van der Waals surface area contributed by atoms with Crippen molar-refractivity contribution in [2.24, 2.45) is 0 Å². The predicted octanol–water partition coefficient (Wildman–Crippen LogP) is 3.52. The third-order valence-corrected chi connectivity index (χ3v) is 5.91. The molecule has 0 saturated carbocycles. The van der Waals surface area contributed by atoms with Gasteiger partial charge in [0.1, 0.15) is 5.75 Å². The molecule has 31 heavy (non-hydrogen) atoms. The van der Waals surface area contributed by atoms with Crippen LogP contribution in [-0.4, -0.2) is 35.9 Å². The van der Waals surface area contributed by atoms with Crippen LogP contribution in [0.15, 0.2) is 47.8 Å². The van der Waals surface area contributed by atoms with Crippen LogP contribution < -0.4 is 20.3 Å². The first-order chi connectivity index (χ1) is 15.1. The van der Waals surface area contributed by atoms with E-state index in [2.05, 4.69) is 15.6 Å². The van der Waals surface area contributed by atoms with Crippen molar-refractivity contribution in [3.8, 4) is 17.0 Å². The lowest BCUT2D eigenvalue weighted by molar-refractivity contribution is -0.119. The zero-order valence-corrected chi connectivity index (χ0v) is 17.2. The highest BCUT2D eigenvalue weighted by atomic mass is 32.1. The Morgan fingerprint density at radius 2 is 2.00 bits per heavy atom. The van der Waals surface area contributed by atoms with E-state index in [1.807, 2.05) is 11.4 Å². The number of thiazole rings is 1. The SMILES string of the molecule is O=C1COc2ccc(-c3csc(NC(=O)c4ccc(N5CCCC5=O)cc4)n3)cc2N1. The molecule has 0 unspecified atom stereocenters. The molecule has 8 nitrogen and oxygen atoms in total. The Morgan fingerprint density at radius 3 is 2.77 bits per heavy atom. The van der Waals surface area contributed by atoms with Gasteiger partial charge in [0, 0.05) is 35.2 Å². The van der Waals surface area contributed by atoms with Crippen LogP contribution in [-0.2, 0) is 9.59 Å². The molecule has 0 aliphatic carbocycles. The number of benzene rings is 2. The van der Waals surface area contributed by atoms with Crippen LogP contribution in [0.2, 0.25) is 0 Å². The number of nitrogens with zero attached hydrogens (tertiary/aromatic N) is 2. The molecule has 0 bridgehead atoms. The highest BCUT2D eigenvalue weighted by Gasteiger charge is 2.22. The van der Waals surface area contributed by atoms with Crippen LogP contribution in [0.3, 0.4) is 0 Å². The molecule has 5 rings (SSSR count). The largest absolute Gasteiger partial charge is 0.482 e. The highest BCUT2D eigenvalue weighted by Crippen LogP contribution is 2.34. The van der Waals surface area contributed by atoms with Crippen molar-refractivity contribution in [1.29, 1.82) is 0 Å². The van der Waals surface area contributed by atoms with Gasteiger partial charge in [-0.05, 0) is 48.9 Å². The van der Waals surface area contributed by atoms with Crippen LogP contribution in [0, 0.1) is 0 Å². The smallest absolute Gasteiger partial charge is 0.262 e. The second kappa shape index (κ2) is 7.84. The van der Waals surface area contributed by atoms with Crippen molar-refractivity contribution in [2.45, 2.75) is 12.8 Å². The van der Waals surface area contributed by atoms with Gasteiger partial charge in [0.15, 0.2) is 11.7 Å². The van der Waals surface area contributed by atoms with Crippen LogP contribution in [0.4, 0.5) is 16.5 Å². The normalized spacial score (nSPS) is 15.3. The standard InChI is InChI=1S/C22H18N4O4S/c27-19-11-30-18-8-5-14(10-16(18)23-19)17-12-31-22(24-17)25-21(29)13-3-6-15(7-4-13)26-9-1-2-20(26)28/h3-8,10,12H,1-2,9,11H2,(H,23,27)(H,24,25,29). The van der Waals surface area contributed by atoms with Gasteiger partial charge in [-0.25, -0.2) is 4.98 Å². The molecule has 0 spiro atoms. The Morgan fingerprint density at radius 1 is 1.16 bits per heavy atom. The van der Waals surface area contributed by atoms with Gasteiger partial charge in [-0.3, -0.25) is 19.7 Å². The Hall–Kier alpha value is -3.72. The molecule has 1 saturated heterocycles. The number of hydrogen-bond acceptors (Lipinski definition) is 6. The van der Waals surface area contributed by atoms with E-state index in [4.69, 9.17) is 4.74 Å². The third kappa shape index (κ3) is 3.87. The van der Waals surface area contributed by atoms with Gasteiger partial charge in [-0.1, -0.05) is 0 Å². The molecule has 2 aromatic carbocycles. The molecule has 2 aliphatic heterocycles. The minimum absolute atomic E-state index is 0.00848. The van der Waals surface area contributed by atoms with Crippen LogP contribution in [0.1, 0.15) is 23.2 Å². The molecule has 2 N–H and O–H groups in total. The van der Waals surface area contributed by atoms with Gasteiger partial charge in [-0.2, -0.15) is 0 Å². The van der Waals surface area contributed by atoms with Gasteiger partial charge < -0.3 is 15.0 Å². The molecule has 0 radical (unpaired) electrons. The summed E-state index contributed by atoms with van der Waals surface area (Å²) in [6.45, 7) is 0.722. The van der Waals surface area contributed by atoms with Crippen molar-refractivity contribution in [3.05, 3.63) is 53.4 Å². The van der Waals surface area contributed by atoms with Gasteiger partial charge in [-0.15, -0.1) is 11.3 Å². The summed E-state index contributed by atoms with van der Waals surface area (Å²) >= 11 is 1.31. The first-order valence-corrected chi connectivity index (χ1v) is 10.7. The lowest BCUT2D eigenvalue weighted by Gasteiger charge is -2.18. The minimum Gasteiger partial charge on any atom is -0.482 e. The Labute approximate surface area is 181 Å². The number of anilines is 3. The number of amides is 3.